The summed E-state index contributed by atoms with van der Waals surface area (Å²) in [5.74, 6) is -0.0252. The lowest BCUT2D eigenvalue weighted by Gasteiger charge is -2.19. The van der Waals surface area contributed by atoms with Crippen molar-refractivity contribution < 1.29 is 19.7 Å². The summed E-state index contributed by atoms with van der Waals surface area (Å²) in [7, 11) is 0. The second-order valence-corrected chi connectivity index (χ2v) is 8.03. The van der Waals surface area contributed by atoms with Crippen LogP contribution in [0.1, 0.15) is 85.0 Å². The zero-order valence-electron chi connectivity index (χ0n) is 17.5. The Morgan fingerprint density at radius 1 is 1.04 bits per heavy atom. The van der Waals surface area contributed by atoms with Crippen molar-refractivity contribution in [3.63, 3.8) is 0 Å². The first-order chi connectivity index (χ1) is 13.0. The van der Waals surface area contributed by atoms with Crippen LogP contribution in [0.25, 0.3) is 0 Å². The second-order valence-electron chi connectivity index (χ2n) is 8.03. The van der Waals surface area contributed by atoms with Gasteiger partial charge < -0.3 is 14.9 Å². The molecule has 0 aliphatic heterocycles. The van der Waals surface area contributed by atoms with E-state index >= 15 is 0 Å². The number of ether oxygens (including phenoxy) is 1. The first kappa shape index (κ1) is 23.9. The van der Waals surface area contributed by atoms with E-state index in [1.54, 1.807) is 0 Å². The fourth-order valence-electron chi connectivity index (χ4n) is 3.71. The van der Waals surface area contributed by atoms with Crippen LogP contribution in [-0.2, 0) is 9.53 Å². The van der Waals surface area contributed by atoms with E-state index in [2.05, 4.69) is 31.2 Å². The zero-order chi connectivity index (χ0) is 20.1. The minimum absolute atomic E-state index is 0.0387. The van der Waals surface area contributed by atoms with Crippen molar-refractivity contribution in [2.45, 2.75) is 103 Å². The highest BCUT2D eigenvalue weighted by molar-refractivity contribution is 5.69. The maximum atomic E-state index is 11.5. The van der Waals surface area contributed by atoms with E-state index in [9.17, 15) is 15.0 Å². The average molecular weight is 381 g/mol. The Morgan fingerprint density at radius 3 is 2.48 bits per heavy atom. The van der Waals surface area contributed by atoms with E-state index in [1.807, 2.05) is 13.8 Å². The van der Waals surface area contributed by atoms with Crippen LogP contribution in [0.2, 0.25) is 0 Å². The lowest BCUT2D eigenvalue weighted by Crippen LogP contribution is -2.19. The zero-order valence-corrected chi connectivity index (χ0v) is 17.5. The predicted molar refractivity (Wildman–Crippen MR) is 110 cm³/mol. The Hall–Kier alpha value is -1.13. The van der Waals surface area contributed by atoms with Crippen LogP contribution in [0, 0.1) is 11.8 Å². The molecule has 2 N–H and O–H groups in total. The molecule has 0 heterocycles. The molecule has 0 saturated heterocycles. The van der Waals surface area contributed by atoms with Gasteiger partial charge in [0.05, 0.1) is 18.3 Å². The number of carbonyl (C=O) groups is 1. The number of hydrogen-bond donors (Lipinski definition) is 2. The van der Waals surface area contributed by atoms with Crippen LogP contribution >= 0.6 is 0 Å². The van der Waals surface area contributed by atoms with Gasteiger partial charge in [-0.15, -0.1) is 0 Å². The summed E-state index contributed by atoms with van der Waals surface area (Å²) in [5, 5.41) is 20.5. The molecule has 4 nitrogen and oxygen atoms in total. The number of esters is 1. The molecule has 0 spiro atoms. The number of hydrogen-bond acceptors (Lipinski definition) is 4. The van der Waals surface area contributed by atoms with E-state index in [-0.39, 0.29) is 23.9 Å². The fraction of sp³-hybridized carbons (Fsp3) is 0.783. The van der Waals surface area contributed by atoms with E-state index in [0.29, 0.717) is 12.8 Å². The van der Waals surface area contributed by atoms with Crippen molar-refractivity contribution in [1.29, 1.82) is 0 Å². The van der Waals surface area contributed by atoms with Gasteiger partial charge in [0.2, 0.25) is 0 Å². The van der Waals surface area contributed by atoms with Crippen molar-refractivity contribution in [2.75, 3.05) is 0 Å². The summed E-state index contributed by atoms with van der Waals surface area (Å²) in [6.45, 7) is 5.92. The van der Waals surface area contributed by atoms with Crippen molar-refractivity contribution in [3.05, 3.63) is 24.3 Å². The molecule has 1 aliphatic carbocycles. The standard InChI is InChI=1S/C23H40O4/c1-4-5-6-7-8-11-14-19-20(22(25)17-21(19)24)15-12-9-10-13-16-23(26)27-18(2)3/h9,11-12,14,18-22,24-25H,4-8,10,13,15-17H2,1-3H3/b12-9-,14-11+/t19-,20-,21-,22+/m1/s1. The second kappa shape index (κ2) is 14.0. The molecule has 0 radical (unpaired) electrons. The number of aliphatic hydroxyl groups excluding tert-OH is 2. The molecule has 1 saturated carbocycles. The van der Waals surface area contributed by atoms with Gasteiger partial charge in [0, 0.05) is 18.8 Å². The summed E-state index contributed by atoms with van der Waals surface area (Å²) in [6.07, 6.45) is 16.8. The Morgan fingerprint density at radius 2 is 1.78 bits per heavy atom. The SMILES string of the molecule is CCCCCC/C=C/[C@@H]1[C@@H](C/C=C\CCCC(=O)OC(C)C)[C@@H](O)C[C@H]1O. The molecule has 156 valence electrons. The third kappa shape index (κ3) is 10.1. The van der Waals surface area contributed by atoms with Crippen LogP contribution < -0.4 is 0 Å². The Balaban J connectivity index is 2.33. The number of allylic oxidation sites excluding steroid dienone is 3. The molecule has 0 aromatic heterocycles. The van der Waals surface area contributed by atoms with Crippen molar-refractivity contribution in [3.8, 4) is 0 Å². The normalized spacial score (nSPS) is 25.9. The summed E-state index contributed by atoms with van der Waals surface area (Å²) < 4.78 is 5.11. The number of carbonyl (C=O) groups excluding carboxylic acids is 1. The van der Waals surface area contributed by atoms with Crippen molar-refractivity contribution in [1.82, 2.24) is 0 Å². The van der Waals surface area contributed by atoms with Crippen LogP contribution in [0.15, 0.2) is 24.3 Å². The molecule has 0 aromatic rings. The largest absolute Gasteiger partial charge is 0.463 e. The molecular formula is C23H40O4. The highest BCUT2D eigenvalue weighted by Gasteiger charge is 2.39. The van der Waals surface area contributed by atoms with Crippen LogP contribution in [0.5, 0.6) is 0 Å². The third-order valence-corrected chi connectivity index (χ3v) is 5.19. The van der Waals surface area contributed by atoms with Gasteiger partial charge in [-0.05, 0) is 51.9 Å². The molecule has 1 rings (SSSR count). The summed E-state index contributed by atoms with van der Waals surface area (Å²) in [4.78, 5) is 11.5. The highest BCUT2D eigenvalue weighted by atomic mass is 16.5. The van der Waals surface area contributed by atoms with E-state index in [4.69, 9.17) is 4.74 Å². The first-order valence-corrected chi connectivity index (χ1v) is 10.8. The topological polar surface area (TPSA) is 66.8 Å². The number of aliphatic hydroxyl groups is 2. The van der Waals surface area contributed by atoms with Gasteiger partial charge >= 0.3 is 5.97 Å². The molecule has 1 fully saturated rings. The number of unbranched alkanes of at least 4 members (excludes halogenated alkanes) is 5. The minimum atomic E-state index is -0.448. The highest BCUT2D eigenvalue weighted by Crippen LogP contribution is 2.36. The minimum Gasteiger partial charge on any atom is -0.463 e. The van der Waals surface area contributed by atoms with Gasteiger partial charge in [0.25, 0.3) is 0 Å². The lowest BCUT2D eigenvalue weighted by atomic mass is 9.89. The average Bonchev–Trinajstić information content (AvgIpc) is 2.86. The Kier molecular flexibility index (Phi) is 12.4. The smallest absolute Gasteiger partial charge is 0.306 e. The van der Waals surface area contributed by atoms with Gasteiger partial charge in [-0.25, -0.2) is 0 Å². The molecule has 27 heavy (non-hydrogen) atoms. The van der Waals surface area contributed by atoms with Gasteiger partial charge in [-0.1, -0.05) is 50.5 Å². The lowest BCUT2D eigenvalue weighted by molar-refractivity contribution is -0.147. The van der Waals surface area contributed by atoms with Gasteiger partial charge in [-0.3, -0.25) is 4.79 Å². The van der Waals surface area contributed by atoms with Gasteiger partial charge in [0.1, 0.15) is 0 Å². The molecule has 0 unspecified atom stereocenters. The summed E-state index contributed by atoms with van der Waals surface area (Å²) >= 11 is 0. The first-order valence-electron chi connectivity index (χ1n) is 10.8. The van der Waals surface area contributed by atoms with Crippen LogP contribution in [-0.4, -0.2) is 34.5 Å². The van der Waals surface area contributed by atoms with E-state index in [0.717, 1.165) is 25.7 Å². The maximum absolute atomic E-state index is 11.5. The quantitative estimate of drug-likeness (QED) is 0.270. The Bertz CT molecular complexity index is 455. The summed E-state index contributed by atoms with van der Waals surface area (Å²) in [6, 6.07) is 0. The maximum Gasteiger partial charge on any atom is 0.306 e. The van der Waals surface area contributed by atoms with E-state index < -0.39 is 12.2 Å². The van der Waals surface area contributed by atoms with Crippen LogP contribution in [0.4, 0.5) is 0 Å². The van der Waals surface area contributed by atoms with Crippen molar-refractivity contribution >= 4 is 5.97 Å². The van der Waals surface area contributed by atoms with Crippen LogP contribution in [0.3, 0.4) is 0 Å². The molecular weight excluding hydrogens is 340 g/mol. The third-order valence-electron chi connectivity index (χ3n) is 5.19. The summed E-state index contributed by atoms with van der Waals surface area (Å²) in [5.41, 5.74) is 0. The molecule has 0 bridgehead atoms. The fourth-order valence-corrected chi connectivity index (χ4v) is 3.71. The van der Waals surface area contributed by atoms with E-state index in [1.165, 1.54) is 25.7 Å². The number of rotatable bonds is 13. The van der Waals surface area contributed by atoms with Crippen molar-refractivity contribution in [2.24, 2.45) is 11.8 Å². The van der Waals surface area contributed by atoms with Gasteiger partial charge in [0.15, 0.2) is 0 Å². The predicted octanol–water partition coefficient (Wildman–Crippen LogP) is 4.94. The van der Waals surface area contributed by atoms with Gasteiger partial charge in [-0.2, -0.15) is 0 Å². The Labute approximate surface area is 165 Å². The molecule has 0 amide bonds. The molecule has 0 aromatic carbocycles. The molecule has 1 aliphatic rings. The monoisotopic (exact) mass is 380 g/mol. The molecule has 4 atom stereocenters. The molecule has 4 heteroatoms.